The van der Waals surface area contributed by atoms with E-state index in [1.807, 2.05) is 30.3 Å². The van der Waals surface area contributed by atoms with E-state index in [1.54, 1.807) is 37.3 Å². The summed E-state index contributed by atoms with van der Waals surface area (Å²) >= 11 is 0. The number of fused-ring (bicyclic) bond motifs is 1. The molecule has 0 spiro atoms. The fourth-order valence-corrected chi connectivity index (χ4v) is 2.63. The Bertz CT molecular complexity index is 1010. The van der Waals surface area contributed by atoms with Crippen LogP contribution in [-0.4, -0.2) is 24.3 Å². The number of anilines is 1. The third-order valence-corrected chi connectivity index (χ3v) is 4.11. The molecule has 0 fully saturated rings. The van der Waals surface area contributed by atoms with Crippen molar-refractivity contribution in [3.8, 4) is 0 Å². The molecule has 0 aliphatic rings. The summed E-state index contributed by atoms with van der Waals surface area (Å²) in [6.45, 7) is 1.40. The maximum absolute atomic E-state index is 12.3. The monoisotopic (exact) mass is 361 g/mol. The highest BCUT2D eigenvalue weighted by Crippen LogP contribution is 2.17. The first-order valence-corrected chi connectivity index (χ1v) is 8.66. The predicted molar refractivity (Wildman–Crippen MR) is 104 cm³/mol. The summed E-state index contributed by atoms with van der Waals surface area (Å²) < 4.78 is 5.14. The van der Waals surface area contributed by atoms with Crippen molar-refractivity contribution in [1.82, 2.24) is 0 Å². The SMILES string of the molecule is CCC(=O)Nc1cccc(C(=O)OCC(=O)c2ccc3ccccc3c2)c1. The smallest absolute Gasteiger partial charge is 0.338 e. The van der Waals surface area contributed by atoms with E-state index in [1.165, 1.54) is 6.07 Å². The third kappa shape index (κ3) is 4.58. The first kappa shape index (κ1) is 18.3. The molecule has 136 valence electrons. The molecule has 27 heavy (non-hydrogen) atoms. The molecule has 0 heterocycles. The lowest BCUT2D eigenvalue weighted by Gasteiger charge is -2.08. The minimum atomic E-state index is -0.614. The molecular weight excluding hydrogens is 342 g/mol. The topological polar surface area (TPSA) is 72.5 Å². The molecule has 3 aromatic rings. The Morgan fingerprint density at radius 2 is 1.63 bits per heavy atom. The molecule has 0 unspecified atom stereocenters. The second-order valence-electron chi connectivity index (χ2n) is 6.04. The van der Waals surface area contributed by atoms with Gasteiger partial charge in [0.15, 0.2) is 12.4 Å². The van der Waals surface area contributed by atoms with E-state index in [9.17, 15) is 14.4 Å². The molecule has 0 aromatic heterocycles. The summed E-state index contributed by atoms with van der Waals surface area (Å²) in [5.74, 6) is -1.03. The van der Waals surface area contributed by atoms with E-state index < -0.39 is 5.97 Å². The summed E-state index contributed by atoms with van der Waals surface area (Å²) in [5.41, 5.74) is 1.28. The van der Waals surface area contributed by atoms with Gasteiger partial charge in [0.05, 0.1) is 5.56 Å². The van der Waals surface area contributed by atoms with E-state index in [0.29, 0.717) is 17.7 Å². The molecule has 1 amide bonds. The summed E-state index contributed by atoms with van der Waals surface area (Å²) in [4.78, 5) is 36.0. The molecule has 0 aliphatic carbocycles. The summed E-state index contributed by atoms with van der Waals surface area (Å²) in [7, 11) is 0. The zero-order valence-electron chi connectivity index (χ0n) is 14.9. The Hall–Kier alpha value is -3.47. The zero-order chi connectivity index (χ0) is 19.2. The molecule has 0 saturated heterocycles. The number of nitrogens with one attached hydrogen (secondary N) is 1. The molecule has 0 bridgehead atoms. The number of Topliss-reactive ketones (excluding diaryl/α,β-unsaturated/α-hetero) is 1. The van der Waals surface area contributed by atoms with Gasteiger partial charge in [-0.15, -0.1) is 0 Å². The lowest BCUT2D eigenvalue weighted by molar-refractivity contribution is -0.115. The van der Waals surface area contributed by atoms with Crippen molar-refractivity contribution in [3.05, 3.63) is 77.9 Å². The minimum absolute atomic E-state index is 0.146. The first-order valence-electron chi connectivity index (χ1n) is 8.66. The van der Waals surface area contributed by atoms with E-state index in [4.69, 9.17) is 4.74 Å². The van der Waals surface area contributed by atoms with Gasteiger partial charge in [-0.3, -0.25) is 9.59 Å². The maximum Gasteiger partial charge on any atom is 0.338 e. The van der Waals surface area contributed by atoms with Gasteiger partial charge in [-0.05, 0) is 35.0 Å². The third-order valence-electron chi connectivity index (χ3n) is 4.11. The van der Waals surface area contributed by atoms with Crippen molar-refractivity contribution in [3.63, 3.8) is 0 Å². The van der Waals surface area contributed by atoms with Crippen LogP contribution in [0.5, 0.6) is 0 Å². The fraction of sp³-hybridized carbons (Fsp3) is 0.136. The average Bonchev–Trinajstić information content (AvgIpc) is 2.71. The second-order valence-corrected chi connectivity index (χ2v) is 6.04. The van der Waals surface area contributed by atoms with Gasteiger partial charge in [-0.1, -0.05) is 49.4 Å². The Kier molecular flexibility index (Phi) is 5.61. The van der Waals surface area contributed by atoms with Crippen molar-refractivity contribution in [1.29, 1.82) is 0 Å². The van der Waals surface area contributed by atoms with Crippen LogP contribution >= 0.6 is 0 Å². The summed E-state index contributed by atoms with van der Waals surface area (Å²) in [6, 6.07) is 19.5. The van der Waals surface area contributed by atoms with Gasteiger partial charge >= 0.3 is 5.97 Å². The molecule has 5 nitrogen and oxygen atoms in total. The number of amides is 1. The van der Waals surface area contributed by atoms with E-state index >= 15 is 0 Å². The largest absolute Gasteiger partial charge is 0.454 e. The lowest BCUT2D eigenvalue weighted by Crippen LogP contribution is -2.15. The van der Waals surface area contributed by atoms with Gasteiger partial charge in [-0.2, -0.15) is 0 Å². The summed E-state index contributed by atoms with van der Waals surface area (Å²) in [5, 5.41) is 4.67. The number of hydrogen-bond donors (Lipinski definition) is 1. The average molecular weight is 361 g/mol. The molecule has 3 rings (SSSR count). The first-order chi connectivity index (χ1) is 13.1. The Balaban J connectivity index is 1.65. The number of carbonyl (C=O) groups excluding carboxylic acids is 3. The number of ketones is 1. The minimum Gasteiger partial charge on any atom is -0.454 e. The molecular formula is C22H19NO4. The predicted octanol–water partition coefficient (Wildman–Crippen LogP) is 4.23. The molecule has 0 radical (unpaired) electrons. The molecule has 0 aliphatic heterocycles. The van der Waals surface area contributed by atoms with Crippen molar-refractivity contribution < 1.29 is 19.1 Å². The van der Waals surface area contributed by atoms with E-state index in [-0.39, 0.29) is 23.9 Å². The summed E-state index contributed by atoms with van der Waals surface area (Å²) in [6.07, 6.45) is 0.342. The maximum atomic E-state index is 12.3. The number of rotatable bonds is 6. The van der Waals surface area contributed by atoms with Crippen LogP contribution < -0.4 is 5.32 Å². The van der Waals surface area contributed by atoms with Crippen LogP contribution in [0.15, 0.2) is 66.7 Å². The van der Waals surface area contributed by atoms with Gasteiger partial charge in [-0.25, -0.2) is 4.79 Å². The van der Waals surface area contributed by atoms with E-state index in [2.05, 4.69) is 5.32 Å². The molecule has 0 saturated carbocycles. The van der Waals surface area contributed by atoms with Crippen LogP contribution in [0.3, 0.4) is 0 Å². The fourth-order valence-electron chi connectivity index (χ4n) is 2.63. The van der Waals surface area contributed by atoms with Crippen molar-refractivity contribution in [2.45, 2.75) is 13.3 Å². The standard InChI is InChI=1S/C22H19NO4/c1-2-21(25)23-19-9-5-8-18(13-19)22(26)27-14-20(24)17-11-10-15-6-3-4-7-16(15)12-17/h3-13H,2,14H2,1H3,(H,23,25). The number of benzene rings is 3. The van der Waals surface area contributed by atoms with Crippen LogP contribution in [0.2, 0.25) is 0 Å². The van der Waals surface area contributed by atoms with Crippen LogP contribution in [0.25, 0.3) is 10.8 Å². The van der Waals surface area contributed by atoms with Crippen molar-refractivity contribution >= 4 is 34.1 Å². The molecule has 3 aromatic carbocycles. The molecule has 1 N–H and O–H groups in total. The Morgan fingerprint density at radius 3 is 2.41 bits per heavy atom. The number of carbonyl (C=O) groups is 3. The van der Waals surface area contributed by atoms with Crippen molar-refractivity contribution in [2.24, 2.45) is 0 Å². The number of hydrogen-bond acceptors (Lipinski definition) is 4. The van der Waals surface area contributed by atoms with Gasteiger partial charge < -0.3 is 10.1 Å². The normalized spacial score (nSPS) is 10.4. The van der Waals surface area contributed by atoms with Gasteiger partial charge in [0.25, 0.3) is 0 Å². The van der Waals surface area contributed by atoms with Crippen LogP contribution in [-0.2, 0) is 9.53 Å². The highest BCUT2D eigenvalue weighted by molar-refractivity contribution is 6.02. The quantitative estimate of drug-likeness (QED) is 0.527. The zero-order valence-corrected chi connectivity index (χ0v) is 14.9. The van der Waals surface area contributed by atoms with Crippen LogP contribution in [0, 0.1) is 0 Å². The van der Waals surface area contributed by atoms with Crippen molar-refractivity contribution in [2.75, 3.05) is 11.9 Å². The van der Waals surface area contributed by atoms with Gasteiger partial charge in [0.2, 0.25) is 5.91 Å². The second kappa shape index (κ2) is 8.27. The van der Waals surface area contributed by atoms with Gasteiger partial charge in [0, 0.05) is 17.7 Å². The Morgan fingerprint density at radius 1 is 0.852 bits per heavy atom. The molecule has 5 heteroatoms. The highest BCUT2D eigenvalue weighted by Gasteiger charge is 2.13. The number of ether oxygens (including phenoxy) is 1. The van der Waals surface area contributed by atoms with Crippen LogP contribution in [0.4, 0.5) is 5.69 Å². The van der Waals surface area contributed by atoms with Gasteiger partial charge in [0.1, 0.15) is 0 Å². The van der Waals surface area contributed by atoms with E-state index in [0.717, 1.165) is 10.8 Å². The number of esters is 1. The molecule has 0 atom stereocenters. The Labute approximate surface area is 157 Å². The lowest BCUT2D eigenvalue weighted by atomic mass is 10.0. The van der Waals surface area contributed by atoms with Crippen LogP contribution in [0.1, 0.15) is 34.1 Å². The highest BCUT2D eigenvalue weighted by atomic mass is 16.5.